The molecule has 42 heavy (non-hydrogen) atoms. The average Bonchev–Trinajstić information content (AvgIpc) is 2.98. The van der Waals surface area contributed by atoms with Gasteiger partial charge in [0.2, 0.25) is 0 Å². The van der Waals surface area contributed by atoms with E-state index in [9.17, 15) is 19.8 Å². The fourth-order valence-corrected chi connectivity index (χ4v) is 4.03. The maximum absolute atomic E-state index is 11.9. The molecular formula is C36H60O6. The Morgan fingerprint density at radius 2 is 1.17 bits per heavy atom. The lowest BCUT2D eigenvalue weighted by molar-refractivity contribution is -0.152. The predicted molar refractivity (Wildman–Crippen MR) is 174 cm³/mol. The number of carbonyl (C=O) groups excluding carboxylic acids is 2. The topological polar surface area (TPSA) is 93.1 Å². The minimum absolute atomic E-state index is 0.152. The lowest BCUT2D eigenvalue weighted by atomic mass is 10.00. The summed E-state index contributed by atoms with van der Waals surface area (Å²) < 4.78 is 10.2. The van der Waals surface area contributed by atoms with Crippen molar-refractivity contribution in [2.24, 2.45) is 5.92 Å². The van der Waals surface area contributed by atoms with Crippen LogP contribution in [0.15, 0.2) is 60.8 Å². The van der Waals surface area contributed by atoms with Crippen LogP contribution in [0.1, 0.15) is 124 Å². The van der Waals surface area contributed by atoms with E-state index < -0.39 is 18.2 Å². The van der Waals surface area contributed by atoms with E-state index in [2.05, 4.69) is 57.2 Å². The van der Waals surface area contributed by atoms with E-state index in [-0.39, 0.29) is 25.6 Å². The molecule has 0 aliphatic carbocycles. The minimum Gasteiger partial charge on any atom is -0.463 e. The number of allylic oxidation sites excluding steroid dienone is 9. The fourth-order valence-electron chi connectivity index (χ4n) is 4.03. The van der Waals surface area contributed by atoms with Crippen molar-refractivity contribution in [2.75, 3.05) is 13.2 Å². The van der Waals surface area contributed by atoms with Crippen LogP contribution in [0.3, 0.4) is 0 Å². The molecule has 0 aliphatic heterocycles. The molecule has 0 aromatic heterocycles. The lowest BCUT2D eigenvalue weighted by Gasteiger charge is -2.12. The van der Waals surface area contributed by atoms with Gasteiger partial charge in [-0.3, -0.25) is 9.59 Å². The zero-order valence-corrected chi connectivity index (χ0v) is 26.8. The molecule has 0 spiro atoms. The summed E-state index contributed by atoms with van der Waals surface area (Å²) in [7, 11) is 0. The minimum atomic E-state index is -1.04. The highest BCUT2D eigenvalue weighted by atomic mass is 16.6. The number of hydrogen-bond donors (Lipinski definition) is 2. The molecular weight excluding hydrogens is 528 g/mol. The third kappa shape index (κ3) is 29.1. The van der Waals surface area contributed by atoms with Crippen molar-refractivity contribution in [2.45, 2.75) is 136 Å². The number of rotatable bonds is 27. The predicted octanol–water partition coefficient (Wildman–Crippen LogP) is 8.49. The van der Waals surface area contributed by atoms with E-state index in [1.807, 2.05) is 18.2 Å². The molecule has 0 bridgehead atoms. The lowest BCUT2D eigenvalue weighted by Crippen LogP contribution is -2.25. The Morgan fingerprint density at radius 1 is 0.643 bits per heavy atom. The molecule has 0 aromatic rings. The SMILES string of the molecule is CC/C=C\C/C=C\C/C=C\C/C=C\C=C\C(O)CCCC(=O)OC[C@H](O)COC(=O)CCCCCCCCC(C)CC. The Balaban J connectivity index is 3.74. The quantitative estimate of drug-likeness (QED) is 0.0433. The van der Waals surface area contributed by atoms with Gasteiger partial charge < -0.3 is 19.7 Å². The molecule has 240 valence electrons. The van der Waals surface area contributed by atoms with Gasteiger partial charge in [0.1, 0.15) is 19.3 Å². The highest BCUT2D eigenvalue weighted by Crippen LogP contribution is 2.14. The summed E-state index contributed by atoms with van der Waals surface area (Å²) in [5, 5.41) is 20.0. The van der Waals surface area contributed by atoms with Crippen molar-refractivity contribution in [3.8, 4) is 0 Å². The van der Waals surface area contributed by atoms with Crippen LogP contribution < -0.4 is 0 Å². The first-order valence-electron chi connectivity index (χ1n) is 16.3. The largest absolute Gasteiger partial charge is 0.463 e. The van der Waals surface area contributed by atoms with E-state index in [0.29, 0.717) is 19.3 Å². The van der Waals surface area contributed by atoms with Crippen LogP contribution in [0.2, 0.25) is 0 Å². The number of aliphatic hydroxyl groups excluding tert-OH is 2. The Labute approximate surface area is 256 Å². The molecule has 2 N–H and O–H groups in total. The Morgan fingerprint density at radius 3 is 1.76 bits per heavy atom. The maximum Gasteiger partial charge on any atom is 0.305 e. The second kappa shape index (κ2) is 30.0. The van der Waals surface area contributed by atoms with Crippen molar-refractivity contribution >= 4 is 11.9 Å². The van der Waals surface area contributed by atoms with Crippen LogP contribution in [0, 0.1) is 5.92 Å². The van der Waals surface area contributed by atoms with Gasteiger partial charge >= 0.3 is 11.9 Å². The maximum atomic E-state index is 11.9. The first-order valence-corrected chi connectivity index (χ1v) is 16.3. The van der Waals surface area contributed by atoms with Gasteiger partial charge in [0.05, 0.1) is 6.10 Å². The number of hydrogen-bond acceptors (Lipinski definition) is 6. The molecule has 3 atom stereocenters. The third-order valence-corrected chi connectivity index (χ3v) is 6.91. The Bertz CT molecular complexity index is 795. The van der Waals surface area contributed by atoms with Crippen molar-refractivity contribution in [1.82, 2.24) is 0 Å². The number of ether oxygens (including phenoxy) is 2. The summed E-state index contributed by atoms with van der Waals surface area (Å²) in [5.74, 6) is 0.0391. The van der Waals surface area contributed by atoms with Crippen LogP contribution in [-0.2, 0) is 19.1 Å². The summed E-state index contributed by atoms with van der Waals surface area (Å²) in [5.41, 5.74) is 0. The highest BCUT2D eigenvalue weighted by Gasteiger charge is 2.12. The smallest absolute Gasteiger partial charge is 0.305 e. The molecule has 0 fully saturated rings. The fraction of sp³-hybridized carbons (Fsp3) is 0.667. The van der Waals surface area contributed by atoms with Crippen LogP contribution in [0.4, 0.5) is 0 Å². The van der Waals surface area contributed by atoms with Crippen LogP contribution in [0.5, 0.6) is 0 Å². The van der Waals surface area contributed by atoms with E-state index >= 15 is 0 Å². The van der Waals surface area contributed by atoms with Crippen LogP contribution in [0.25, 0.3) is 0 Å². The van der Waals surface area contributed by atoms with Crippen molar-refractivity contribution in [3.63, 3.8) is 0 Å². The number of aliphatic hydroxyl groups is 2. The number of unbranched alkanes of at least 4 members (excludes halogenated alkanes) is 5. The average molecular weight is 589 g/mol. The molecule has 2 unspecified atom stereocenters. The number of esters is 2. The van der Waals surface area contributed by atoms with Gasteiger partial charge in [0, 0.05) is 12.8 Å². The van der Waals surface area contributed by atoms with Crippen LogP contribution >= 0.6 is 0 Å². The summed E-state index contributed by atoms with van der Waals surface area (Å²) in [6.45, 7) is 6.27. The van der Waals surface area contributed by atoms with Gasteiger partial charge in [0.25, 0.3) is 0 Å². The monoisotopic (exact) mass is 588 g/mol. The molecule has 0 aromatic carbocycles. The molecule has 0 amide bonds. The third-order valence-electron chi connectivity index (χ3n) is 6.91. The summed E-state index contributed by atoms with van der Waals surface area (Å²) in [6.07, 6.45) is 33.1. The molecule has 0 aliphatic rings. The molecule has 0 rings (SSSR count). The Hall–Kier alpha value is -2.44. The second-order valence-electron chi connectivity index (χ2n) is 11.0. The number of carbonyl (C=O) groups is 2. The second-order valence-corrected chi connectivity index (χ2v) is 11.0. The molecule has 0 saturated carbocycles. The highest BCUT2D eigenvalue weighted by molar-refractivity contribution is 5.69. The van der Waals surface area contributed by atoms with Crippen LogP contribution in [-0.4, -0.2) is 47.6 Å². The van der Waals surface area contributed by atoms with Gasteiger partial charge in [-0.05, 0) is 50.9 Å². The van der Waals surface area contributed by atoms with E-state index in [0.717, 1.165) is 50.9 Å². The van der Waals surface area contributed by atoms with E-state index in [4.69, 9.17) is 9.47 Å². The van der Waals surface area contributed by atoms with Crippen molar-refractivity contribution < 1.29 is 29.3 Å². The van der Waals surface area contributed by atoms with E-state index in [1.54, 1.807) is 6.08 Å². The van der Waals surface area contributed by atoms with Crippen molar-refractivity contribution in [3.05, 3.63) is 60.8 Å². The molecule has 0 saturated heterocycles. The van der Waals surface area contributed by atoms with Gasteiger partial charge in [-0.25, -0.2) is 0 Å². The van der Waals surface area contributed by atoms with Gasteiger partial charge in [-0.15, -0.1) is 0 Å². The first kappa shape index (κ1) is 39.6. The molecule has 0 radical (unpaired) electrons. The van der Waals surface area contributed by atoms with Crippen molar-refractivity contribution in [1.29, 1.82) is 0 Å². The first-order chi connectivity index (χ1) is 20.4. The van der Waals surface area contributed by atoms with Gasteiger partial charge in [-0.2, -0.15) is 0 Å². The summed E-state index contributed by atoms with van der Waals surface area (Å²) in [6, 6.07) is 0. The summed E-state index contributed by atoms with van der Waals surface area (Å²) in [4.78, 5) is 23.8. The summed E-state index contributed by atoms with van der Waals surface area (Å²) >= 11 is 0. The van der Waals surface area contributed by atoms with Gasteiger partial charge in [-0.1, -0.05) is 126 Å². The zero-order chi connectivity index (χ0) is 31.1. The Kier molecular flexibility index (Phi) is 28.3. The molecule has 6 nitrogen and oxygen atoms in total. The standard InChI is InChI=1S/C36H60O6/c1-4-6-7-8-9-10-11-12-13-14-15-19-22-26-33(37)27-24-29-36(40)42-31-34(38)30-41-35(39)28-23-20-17-16-18-21-25-32(3)5-2/h6-7,9-10,12-13,15,19,22,26,32-34,37-38H,4-5,8,11,14,16-18,20-21,23-25,27-31H2,1-3H3/b7-6-,10-9-,13-12-,19-15-,26-22+/t32?,33?,34-/m1/s1. The normalized spacial score (nSPS) is 14.5. The van der Waals surface area contributed by atoms with E-state index in [1.165, 1.54) is 32.1 Å². The van der Waals surface area contributed by atoms with Gasteiger partial charge in [0.15, 0.2) is 0 Å². The molecule has 0 heterocycles. The molecule has 6 heteroatoms. The zero-order valence-electron chi connectivity index (χ0n) is 26.8.